The number of carbonyl (C=O) groups excluding carboxylic acids is 1. The first kappa shape index (κ1) is 35.5. The molecule has 2 heterocycles. The van der Waals surface area contributed by atoms with Gasteiger partial charge in [0.15, 0.2) is 0 Å². The average molecular weight is 680 g/mol. The van der Waals surface area contributed by atoms with E-state index in [1.807, 2.05) is 84.9 Å². The summed E-state index contributed by atoms with van der Waals surface area (Å²) in [6.45, 7) is -0.898. The largest absolute Gasteiger partial charge is 0.405 e. The Morgan fingerprint density at radius 2 is 1.23 bits per heavy atom. The molecule has 0 spiro atoms. The lowest BCUT2D eigenvalue weighted by Gasteiger charge is -2.31. The number of alkyl halides is 3. The van der Waals surface area contributed by atoms with Crippen LogP contribution in [0.15, 0.2) is 97.3 Å². The van der Waals surface area contributed by atoms with Gasteiger partial charge in [-0.25, -0.2) is 0 Å². The highest BCUT2D eigenvalue weighted by Crippen LogP contribution is 2.52. The molecule has 0 aliphatic heterocycles. The molecule has 5 rings (SSSR count). The van der Waals surface area contributed by atoms with Crippen molar-refractivity contribution in [2.45, 2.75) is 63.0 Å². The fraction of sp³-hybridized carbons (Fsp3) is 0.378. The van der Waals surface area contributed by atoms with Crippen LogP contribution in [0.3, 0.4) is 0 Å². The zero-order valence-electron chi connectivity index (χ0n) is 26.8. The van der Waals surface area contributed by atoms with Crippen molar-refractivity contribution in [3.05, 3.63) is 120 Å². The molecule has 7 nitrogen and oxygen atoms in total. The van der Waals surface area contributed by atoms with E-state index in [0.29, 0.717) is 62.5 Å². The van der Waals surface area contributed by atoms with Crippen LogP contribution in [0.1, 0.15) is 61.0 Å². The van der Waals surface area contributed by atoms with Gasteiger partial charge in [0.2, 0.25) is 5.91 Å². The molecular weight excluding hydrogens is 638 g/mol. The number of benzene rings is 2. The first-order valence-electron chi connectivity index (χ1n) is 16.4. The quantitative estimate of drug-likeness (QED) is 0.0839. The molecule has 0 saturated heterocycles. The average Bonchev–Trinajstić information content (AvgIpc) is 3.39. The van der Waals surface area contributed by atoms with E-state index in [2.05, 4.69) is 15.3 Å². The minimum absolute atomic E-state index is 0.195. The molecule has 254 valence electrons. The topological polar surface area (TPSA) is 90.4 Å². The van der Waals surface area contributed by atoms with E-state index in [4.69, 9.17) is 9.05 Å². The molecule has 0 bridgehead atoms. The Kier molecular flexibility index (Phi) is 12.2. The molecule has 0 radical (unpaired) electrons. The Hall–Kier alpha value is -3.85. The summed E-state index contributed by atoms with van der Waals surface area (Å²) < 4.78 is 65.3. The van der Waals surface area contributed by atoms with E-state index < -0.39 is 31.6 Å². The van der Waals surface area contributed by atoms with Gasteiger partial charge in [0.05, 0.1) is 19.4 Å². The number of halogens is 3. The van der Waals surface area contributed by atoms with Crippen LogP contribution in [-0.4, -0.2) is 48.0 Å². The molecule has 1 amide bonds. The van der Waals surface area contributed by atoms with Crippen LogP contribution in [0.2, 0.25) is 0 Å². The predicted molar refractivity (Wildman–Crippen MR) is 180 cm³/mol. The lowest BCUT2D eigenvalue weighted by atomic mass is 9.73. The molecule has 48 heavy (non-hydrogen) atoms. The van der Waals surface area contributed by atoms with Crippen LogP contribution in [0.5, 0.6) is 0 Å². The zero-order valence-corrected chi connectivity index (χ0v) is 27.7. The number of nitrogens with zero attached hydrogens (tertiary/aromatic N) is 2. The fourth-order valence-electron chi connectivity index (χ4n) is 6.33. The van der Waals surface area contributed by atoms with E-state index in [1.54, 1.807) is 12.4 Å². The highest BCUT2D eigenvalue weighted by Gasteiger charge is 2.49. The van der Waals surface area contributed by atoms with Crippen molar-refractivity contribution in [1.82, 2.24) is 15.3 Å². The summed E-state index contributed by atoms with van der Waals surface area (Å²) in [4.78, 5) is 22.4. The minimum atomic E-state index is -4.54. The second-order valence-corrected chi connectivity index (χ2v) is 14.1. The molecule has 0 unspecified atom stereocenters. The van der Waals surface area contributed by atoms with Crippen LogP contribution in [0.25, 0.3) is 11.1 Å². The van der Waals surface area contributed by atoms with Crippen LogP contribution in [0.4, 0.5) is 13.2 Å². The first-order chi connectivity index (χ1) is 23.2. The minimum Gasteiger partial charge on any atom is -0.346 e. The summed E-state index contributed by atoms with van der Waals surface area (Å²) >= 11 is 0. The van der Waals surface area contributed by atoms with E-state index in [0.717, 1.165) is 22.5 Å². The van der Waals surface area contributed by atoms with E-state index in [-0.39, 0.29) is 19.4 Å². The number of fused-ring (bicyclic) bond motifs is 3. The van der Waals surface area contributed by atoms with Crippen LogP contribution < -0.4 is 5.32 Å². The van der Waals surface area contributed by atoms with Gasteiger partial charge in [0.1, 0.15) is 12.0 Å². The van der Waals surface area contributed by atoms with Crippen LogP contribution in [-0.2, 0) is 36.7 Å². The predicted octanol–water partition coefficient (Wildman–Crippen LogP) is 8.47. The Morgan fingerprint density at radius 1 is 0.708 bits per heavy atom. The van der Waals surface area contributed by atoms with Crippen molar-refractivity contribution in [3.8, 4) is 11.1 Å². The van der Waals surface area contributed by atoms with Gasteiger partial charge in [-0.2, -0.15) is 13.2 Å². The monoisotopic (exact) mass is 679 g/mol. The highest BCUT2D eigenvalue weighted by atomic mass is 31.2. The van der Waals surface area contributed by atoms with E-state index in [9.17, 15) is 22.5 Å². The molecule has 0 saturated carbocycles. The summed E-state index contributed by atoms with van der Waals surface area (Å²) in [6, 6.07) is 26.2. The Balaban J connectivity index is 1.22. The number of hydrogen-bond acceptors (Lipinski definition) is 6. The van der Waals surface area contributed by atoms with E-state index >= 15 is 0 Å². The smallest absolute Gasteiger partial charge is 0.346 e. The fourth-order valence-corrected chi connectivity index (χ4v) is 8.09. The molecule has 2 aromatic heterocycles. The summed E-state index contributed by atoms with van der Waals surface area (Å²) in [7, 11) is -3.44. The number of amides is 1. The molecule has 1 aliphatic rings. The number of aromatic nitrogens is 2. The maximum atomic E-state index is 13.9. The Bertz CT molecular complexity index is 1570. The van der Waals surface area contributed by atoms with Gasteiger partial charge in [-0.3, -0.25) is 19.3 Å². The van der Waals surface area contributed by atoms with Crippen molar-refractivity contribution in [1.29, 1.82) is 0 Å². The molecule has 11 heteroatoms. The highest BCUT2D eigenvalue weighted by molar-refractivity contribution is 7.53. The lowest BCUT2D eigenvalue weighted by molar-refractivity contribution is -0.141. The SMILES string of the molecule is O=C(NCC(F)(F)F)C1(CCCCCP(=O)(OCCCc2ccccn2)OCCCc2ccccn2)c2ccccc2-c2ccccc21. The summed E-state index contributed by atoms with van der Waals surface area (Å²) in [5, 5.41) is 2.18. The lowest BCUT2D eigenvalue weighted by Crippen LogP contribution is -2.47. The normalized spacial score (nSPS) is 13.6. The van der Waals surface area contributed by atoms with Crippen molar-refractivity contribution < 1.29 is 31.6 Å². The van der Waals surface area contributed by atoms with Crippen LogP contribution in [0, 0.1) is 0 Å². The van der Waals surface area contributed by atoms with Gasteiger partial charge in [-0.15, -0.1) is 0 Å². The third-order valence-corrected chi connectivity index (χ3v) is 10.6. The molecule has 0 fully saturated rings. The van der Waals surface area contributed by atoms with Gasteiger partial charge in [0, 0.05) is 23.8 Å². The summed E-state index contributed by atoms with van der Waals surface area (Å²) in [5.41, 5.74) is 3.67. The molecule has 2 aromatic carbocycles. The van der Waals surface area contributed by atoms with Crippen molar-refractivity contribution in [2.75, 3.05) is 25.9 Å². The van der Waals surface area contributed by atoms with E-state index in [1.165, 1.54) is 0 Å². The van der Waals surface area contributed by atoms with Crippen LogP contribution >= 0.6 is 7.60 Å². The molecule has 1 N–H and O–H groups in total. The van der Waals surface area contributed by atoms with Crippen molar-refractivity contribution >= 4 is 13.5 Å². The number of pyridine rings is 2. The third-order valence-electron chi connectivity index (χ3n) is 8.57. The third kappa shape index (κ3) is 9.19. The van der Waals surface area contributed by atoms with Gasteiger partial charge >= 0.3 is 13.8 Å². The van der Waals surface area contributed by atoms with Gasteiger partial charge in [-0.05, 0) is 85.0 Å². The van der Waals surface area contributed by atoms with Gasteiger partial charge < -0.3 is 14.4 Å². The van der Waals surface area contributed by atoms with Crippen molar-refractivity contribution in [3.63, 3.8) is 0 Å². The number of aryl methyl sites for hydroxylation is 2. The molecule has 0 atom stereocenters. The molecular formula is C37H41F3N3O4P. The number of rotatable bonds is 18. The summed E-state index contributed by atoms with van der Waals surface area (Å²) in [6.07, 6.45) is 3.65. The number of nitrogens with one attached hydrogen (secondary N) is 1. The molecule has 1 aliphatic carbocycles. The van der Waals surface area contributed by atoms with Gasteiger partial charge in [-0.1, -0.05) is 73.5 Å². The second kappa shape index (κ2) is 16.5. The van der Waals surface area contributed by atoms with Crippen molar-refractivity contribution in [2.24, 2.45) is 0 Å². The maximum absolute atomic E-state index is 13.9. The standard InChI is InChI=1S/C37H41F3N3O4P/c38-37(39,40)28-43-35(44)36(33-20-4-2-18-31(33)32-19-3-5-21-34(32)36)22-8-1-11-27-48(45,46-25-12-16-29-14-6-9-23-41-29)47-26-13-17-30-15-7-10-24-42-30/h2-7,9-10,14-15,18-21,23-24H,1,8,11-13,16-17,22,25-28H2,(H,43,44). The van der Waals surface area contributed by atoms with Gasteiger partial charge in [0.25, 0.3) is 0 Å². The molecule has 4 aromatic rings. The number of unbranched alkanes of at least 4 members (excludes halogenated alkanes) is 2. The maximum Gasteiger partial charge on any atom is 0.405 e. The number of carbonyl (C=O) groups is 1. The first-order valence-corrected chi connectivity index (χ1v) is 18.2. The second-order valence-electron chi connectivity index (χ2n) is 12.0. The Morgan fingerprint density at radius 3 is 1.73 bits per heavy atom. The summed E-state index contributed by atoms with van der Waals surface area (Å²) in [5.74, 6) is -0.671. The zero-order chi connectivity index (χ0) is 33.9. The number of hydrogen-bond donors (Lipinski definition) is 1. The Labute approximate surface area is 279 Å².